The van der Waals surface area contributed by atoms with Crippen molar-refractivity contribution in [3.05, 3.63) is 29.8 Å². The van der Waals surface area contributed by atoms with Crippen LogP contribution in [0.25, 0.3) is 0 Å². The van der Waals surface area contributed by atoms with Crippen molar-refractivity contribution in [3.63, 3.8) is 0 Å². The van der Waals surface area contributed by atoms with Crippen molar-refractivity contribution in [1.82, 2.24) is 4.90 Å². The highest BCUT2D eigenvalue weighted by molar-refractivity contribution is 5.80. The summed E-state index contributed by atoms with van der Waals surface area (Å²) in [5.41, 5.74) is 6.47. The zero-order valence-corrected chi connectivity index (χ0v) is 14.0. The molecule has 1 aromatic carbocycles. The van der Waals surface area contributed by atoms with Gasteiger partial charge in [-0.15, -0.1) is 0 Å². The molecule has 2 amide bonds. The Kier molecular flexibility index (Phi) is 6.02. The van der Waals surface area contributed by atoms with Gasteiger partial charge in [-0.2, -0.15) is 0 Å². The molecule has 2 atom stereocenters. The Hall–Kier alpha value is -2.04. The first-order valence-corrected chi connectivity index (χ1v) is 8.26. The lowest BCUT2D eigenvalue weighted by Crippen LogP contribution is -2.48. The summed E-state index contributed by atoms with van der Waals surface area (Å²) < 4.78 is 5.72. The van der Waals surface area contributed by atoms with E-state index in [0.717, 1.165) is 24.2 Å². The van der Waals surface area contributed by atoms with Crippen LogP contribution in [0.15, 0.2) is 24.3 Å². The molecule has 0 aromatic heterocycles. The van der Waals surface area contributed by atoms with Crippen LogP contribution in [0, 0.1) is 12.8 Å². The number of nitrogens with two attached hydrogens (primary N) is 1. The molecule has 2 rings (SSSR count). The fraction of sp³-hybridized carbons (Fsp3) is 0.556. The smallest absolute Gasteiger partial charge is 0.222 e. The third-order valence-corrected chi connectivity index (χ3v) is 4.49. The third kappa shape index (κ3) is 4.71. The van der Waals surface area contributed by atoms with Crippen molar-refractivity contribution in [2.24, 2.45) is 11.7 Å². The van der Waals surface area contributed by atoms with Crippen LogP contribution in [0.1, 0.15) is 38.2 Å². The van der Waals surface area contributed by atoms with Crippen LogP contribution in [-0.4, -0.2) is 35.9 Å². The Labute approximate surface area is 137 Å². The number of nitrogens with zero attached hydrogens (tertiary/aromatic N) is 1. The molecule has 1 fully saturated rings. The highest BCUT2D eigenvalue weighted by atomic mass is 16.5. The summed E-state index contributed by atoms with van der Waals surface area (Å²) in [6, 6.07) is 8.02. The van der Waals surface area contributed by atoms with E-state index in [1.54, 1.807) is 4.90 Å². The molecule has 23 heavy (non-hydrogen) atoms. The van der Waals surface area contributed by atoms with Gasteiger partial charge in [-0.05, 0) is 44.7 Å². The van der Waals surface area contributed by atoms with Crippen LogP contribution in [0.3, 0.4) is 0 Å². The molecular formula is C18H26N2O3. The van der Waals surface area contributed by atoms with Gasteiger partial charge in [0, 0.05) is 19.0 Å². The molecule has 1 aliphatic heterocycles. The van der Waals surface area contributed by atoms with Gasteiger partial charge in [0.15, 0.2) is 0 Å². The van der Waals surface area contributed by atoms with E-state index < -0.39 is 0 Å². The zero-order valence-electron chi connectivity index (χ0n) is 14.0. The quantitative estimate of drug-likeness (QED) is 0.818. The summed E-state index contributed by atoms with van der Waals surface area (Å²) in [5.74, 6) is 0.424. The number of piperidine rings is 1. The SMILES string of the molecule is Cc1ccccc1OCCCC(=O)N1CC(C(N)=O)CCC1C. The molecule has 0 radical (unpaired) electrons. The fourth-order valence-corrected chi connectivity index (χ4v) is 2.95. The average molecular weight is 318 g/mol. The molecule has 5 heteroatoms. The fourth-order valence-electron chi connectivity index (χ4n) is 2.95. The molecule has 126 valence electrons. The Bertz CT molecular complexity index is 559. The van der Waals surface area contributed by atoms with E-state index in [1.165, 1.54) is 0 Å². The number of ether oxygens (including phenoxy) is 1. The molecule has 2 N–H and O–H groups in total. The van der Waals surface area contributed by atoms with Gasteiger partial charge in [-0.25, -0.2) is 0 Å². The van der Waals surface area contributed by atoms with Crippen molar-refractivity contribution in [2.75, 3.05) is 13.2 Å². The second kappa shape index (κ2) is 7.99. The number of aryl methyl sites for hydroxylation is 1. The van der Waals surface area contributed by atoms with Gasteiger partial charge in [0.2, 0.25) is 11.8 Å². The molecule has 1 heterocycles. The number of rotatable bonds is 6. The van der Waals surface area contributed by atoms with Gasteiger partial charge in [-0.3, -0.25) is 9.59 Å². The van der Waals surface area contributed by atoms with Gasteiger partial charge < -0.3 is 15.4 Å². The number of hydrogen-bond acceptors (Lipinski definition) is 3. The Morgan fingerprint density at radius 2 is 2.04 bits per heavy atom. The van der Waals surface area contributed by atoms with Crippen LogP contribution in [0.5, 0.6) is 5.75 Å². The summed E-state index contributed by atoms with van der Waals surface area (Å²) in [4.78, 5) is 25.5. The molecule has 1 aromatic rings. The van der Waals surface area contributed by atoms with E-state index in [9.17, 15) is 9.59 Å². The largest absolute Gasteiger partial charge is 0.493 e. The number of likely N-dealkylation sites (tertiary alicyclic amines) is 1. The highest BCUT2D eigenvalue weighted by Gasteiger charge is 2.31. The minimum absolute atomic E-state index is 0.0804. The summed E-state index contributed by atoms with van der Waals surface area (Å²) in [5, 5.41) is 0. The van der Waals surface area contributed by atoms with E-state index in [1.807, 2.05) is 38.1 Å². The molecule has 0 spiro atoms. The van der Waals surface area contributed by atoms with Gasteiger partial charge in [0.1, 0.15) is 5.75 Å². The minimum Gasteiger partial charge on any atom is -0.493 e. The minimum atomic E-state index is -0.308. The Morgan fingerprint density at radius 1 is 1.30 bits per heavy atom. The van der Waals surface area contributed by atoms with Crippen LogP contribution in [0.2, 0.25) is 0 Å². The maximum absolute atomic E-state index is 12.4. The van der Waals surface area contributed by atoms with Crippen molar-refractivity contribution >= 4 is 11.8 Å². The first-order valence-electron chi connectivity index (χ1n) is 8.26. The zero-order chi connectivity index (χ0) is 16.8. The summed E-state index contributed by atoms with van der Waals surface area (Å²) in [6.07, 6.45) is 2.70. The maximum atomic E-state index is 12.4. The Morgan fingerprint density at radius 3 is 2.74 bits per heavy atom. The van der Waals surface area contributed by atoms with Crippen LogP contribution in [0.4, 0.5) is 0 Å². The standard InChI is InChI=1S/C18H26N2O3/c1-13-6-3-4-7-16(13)23-11-5-8-17(21)20-12-15(18(19)22)10-9-14(20)2/h3-4,6-7,14-15H,5,8-12H2,1-2H3,(H2,19,22). The molecule has 1 aliphatic rings. The van der Waals surface area contributed by atoms with Crippen LogP contribution in [-0.2, 0) is 9.59 Å². The number of primary amides is 1. The molecule has 0 saturated carbocycles. The normalized spacial score (nSPS) is 21.0. The number of para-hydroxylation sites is 1. The molecule has 2 unspecified atom stereocenters. The molecule has 5 nitrogen and oxygen atoms in total. The van der Waals surface area contributed by atoms with E-state index in [0.29, 0.717) is 26.0 Å². The van der Waals surface area contributed by atoms with E-state index >= 15 is 0 Å². The second-order valence-electron chi connectivity index (χ2n) is 6.29. The van der Waals surface area contributed by atoms with Crippen LogP contribution >= 0.6 is 0 Å². The molecule has 0 bridgehead atoms. The summed E-state index contributed by atoms with van der Waals surface area (Å²) in [7, 11) is 0. The second-order valence-corrected chi connectivity index (χ2v) is 6.29. The monoisotopic (exact) mass is 318 g/mol. The first-order chi connectivity index (χ1) is 11.0. The average Bonchev–Trinajstić information content (AvgIpc) is 2.53. The third-order valence-electron chi connectivity index (χ3n) is 4.49. The highest BCUT2D eigenvalue weighted by Crippen LogP contribution is 2.23. The summed E-state index contributed by atoms with van der Waals surface area (Å²) in [6.45, 7) is 4.99. The van der Waals surface area contributed by atoms with E-state index in [4.69, 9.17) is 10.5 Å². The predicted octanol–water partition coefficient (Wildman–Crippen LogP) is 2.27. The van der Waals surface area contributed by atoms with Crippen molar-refractivity contribution in [2.45, 2.75) is 45.6 Å². The first kappa shape index (κ1) is 17.3. The van der Waals surface area contributed by atoms with Gasteiger partial charge in [-0.1, -0.05) is 18.2 Å². The van der Waals surface area contributed by atoms with E-state index in [2.05, 4.69) is 0 Å². The van der Waals surface area contributed by atoms with Gasteiger partial charge >= 0.3 is 0 Å². The Balaban J connectivity index is 1.77. The van der Waals surface area contributed by atoms with Crippen LogP contribution < -0.4 is 10.5 Å². The lowest BCUT2D eigenvalue weighted by atomic mass is 9.92. The van der Waals surface area contributed by atoms with E-state index in [-0.39, 0.29) is 23.8 Å². The lowest BCUT2D eigenvalue weighted by Gasteiger charge is -2.37. The number of hydrogen-bond donors (Lipinski definition) is 1. The predicted molar refractivity (Wildman–Crippen MR) is 89.0 cm³/mol. The number of amides is 2. The summed E-state index contributed by atoms with van der Waals surface area (Å²) >= 11 is 0. The van der Waals surface area contributed by atoms with Crippen molar-refractivity contribution in [1.29, 1.82) is 0 Å². The van der Waals surface area contributed by atoms with Gasteiger partial charge in [0.25, 0.3) is 0 Å². The lowest BCUT2D eigenvalue weighted by molar-refractivity contribution is -0.137. The van der Waals surface area contributed by atoms with Gasteiger partial charge in [0.05, 0.1) is 12.5 Å². The topological polar surface area (TPSA) is 72.6 Å². The molecule has 0 aliphatic carbocycles. The number of benzene rings is 1. The maximum Gasteiger partial charge on any atom is 0.222 e. The number of carbonyl (C=O) groups excluding carboxylic acids is 2. The van der Waals surface area contributed by atoms with Crippen molar-refractivity contribution < 1.29 is 14.3 Å². The number of carbonyl (C=O) groups is 2. The molecule has 1 saturated heterocycles. The molecular weight excluding hydrogens is 292 g/mol. The van der Waals surface area contributed by atoms with Crippen molar-refractivity contribution in [3.8, 4) is 5.75 Å².